The van der Waals surface area contributed by atoms with E-state index in [4.69, 9.17) is 0 Å². The molecule has 2 heterocycles. The summed E-state index contributed by atoms with van der Waals surface area (Å²) in [4.78, 5) is 17.0. The predicted octanol–water partition coefficient (Wildman–Crippen LogP) is 0.121. The zero-order valence-corrected chi connectivity index (χ0v) is 10.3. The van der Waals surface area contributed by atoms with Crippen LogP contribution in [0.5, 0.6) is 0 Å². The van der Waals surface area contributed by atoms with Gasteiger partial charge in [0.05, 0.1) is 5.75 Å². The SMILES string of the molecule is C=C1N=CC=C(N2CC(CS(=O)(=O)F)CC2=O)N1. The second-order valence-electron chi connectivity index (χ2n) is 4.18. The Kier molecular flexibility index (Phi) is 3.20. The van der Waals surface area contributed by atoms with Crippen LogP contribution in [0.1, 0.15) is 6.42 Å². The van der Waals surface area contributed by atoms with Gasteiger partial charge in [-0.15, -0.1) is 3.89 Å². The molecule has 1 fully saturated rings. The van der Waals surface area contributed by atoms with Crippen LogP contribution < -0.4 is 5.32 Å². The van der Waals surface area contributed by atoms with Crippen LogP contribution >= 0.6 is 0 Å². The van der Waals surface area contributed by atoms with Crippen molar-refractivity contribution >= 4 is 22.3 Å². The van der Waals surface area contributed by atoms with Crippen LogP contribution in [0.2, 0.25) is 0 Å². The van der Waals surface area contributed by atoms with Gasteiger partial charge >= 0.3 is 10.2 Å². The van der Waals surface area contributed by atoms with Crippen LogP contribution in [-0.4, -0.2) is 37.7 Å². The largest absolute Gasteiger partial charge is 0.327 e. The van der Waals surface area contributed by atoms with Crippen molar-refractivity contribution < 1.29 is 17.1 Å². The van der Waals surface area contributed by atoms with E-state index in [0.717, 1.165) is 0 Å². The highest BCUT2D eigenvalue weighted by atomic mass is 32.3. The molecule has 1 saturated heterocycles. The van der Waals surface area contributed by atoms with E-state index in [0.29, 0.717) is 11.6 Å². The number of amides is 1. The number of likely N-dealkylation sites (tertiary alicyclic amines) is 1. The third-order valence-electron chi connectivity index (χ3n) is 2.67. The highest BCUT2D eigenvalue weighted by molar-refractivity contribution is 7.86. The number of nitrogens with one attached hydrogen (secondary N) is 1. The highest BCUT2D eigenvalue weighted by Crippen LogP contribution is 2.23. The predicted molar refractivity (Wildman–Crippen MR) is 63.6 cm³/mol. The molecule has 0 aromatic carbocycles. The minimum Gasteiger partial charge on any atom is -0.327 e. The molecule has 8 heteroatoms. The third-order valence-corrected chi connectivity index (χ3v) is 3.54. The summed E-state index contributed by atoms with van der Waals surface area (Å²) in [6.07, 6.45) is 3.09. The number of nitrogens with zero attached hydrogens (tertiary/aromatic N) is 2. The van der Waals surface area contributed by atoms with E-state index >= 15 is 0 Å². The molecule has 1 atom stereocenters. The minimum absolute atomic E-state index is 0.0196. The molecular formula is C10H12FN3O3S. The molecule has 0 saturated carbocycles. The Labute approximate surface area is 104 Å². The minimum atomic E-state index is -4.56. The molecule has 2 aliphatic rings. The van der Waals surface area contributed by atoms with E-state index in [9.17, 15) is 17.1 Å². The van der Waals surface area contributed by atoms with E-state index in [1.807, 2.05) is 0 Å². The summed E-state index contributed by atoms with van der Waals surface area (Å²) in [5.74, 6) is -0.522. The summed E-state index contributed by atoms with van der Waals surface area (Å²) in [5, 5.41) is 2.80. The quantitative estimate of drug-likeness (QED) is 0.741. The second kappa shape index (κ2) is 4.52. The lowest BCUT2D eigenvalue weighted by atomic mass is 10.1. The van der Waals surface area contributed by atoms with Crippen LogP contribution in [0.15, 0.2) is 29.3 Å². The van der Waals surface area contributed by atoms with Crippen molar-refractivity contribution in [3.63, 3.8) is 0 Å². The molecule has 2 aliphatic heterocycles. The molecule has 2 rings (SSSR count). The Bertz CT molecular complexity index is 553. The summed E-state index contributed by atoms with van der Waals surface area (Å²) in [6, 6.07) is 0. The molecule has 0 aliphatic carbocycles. The van der Waals surface area contributed by atoms with Crippen molar-refractivity contribution in [1.82, 2.24) is 10.2 Å². The lowest BCUT2D eigenvalue weighted by Crippen LogP contribution is -2.34. The number of halogens is 1. The van der Waals surface area contributed by atoms with Crippen LogP contribution in [0.25, 0.3) is 0 Å². The van der Waals surface area contributed by atoms with Crippen molar-refractivity contribution in [1.29, 1.82) is 0 Å². The van der Waals surface area contributed by atoms with Crippen molar-refractivity contribution in [3.8, 4) is 0 Å². The van der Waals surface area contributed by atoms with Crippen LogP contribution in [0.4, 0.5) is 3.89 Å². The van der Waals surface area contributed by atoms with Gasteiger partial charge in [0.25, 0.3) is 0 Å². The van der Waals surface area contributed by atoms with Gasteiger partial charge in [-0.1, -0.05) is 6.58 Å². The van der Waals surface area contributed by atoms with Gasteiger partial charge in [-0.2, -0.15) is 8.42 Å². The zero-order valence-electron chi connectivity index (χ0n) is 9.47. The molecular weight excluding hydrogens is 261 g/mol. The Balaban J connectivity index is 2.08. The Morgan fingerprint density at radius 3 is 2.94 bits per heavy atom. The molecule has 0 radical (unpaired) electrons. The lowest BCUT2D eigenvalue weighted by Gasteiger charge is -2.22. The summed E-state index contributed by atoms with van der Waals surface area (Å²) >= 11 is 0. The highest BCUT2D eigenvalue weighted by Gasteiger charge is 2.34. The monoisotopic (exact) mass is 273 g/mol. The van der Waals surface area contributed by atoms with E-state index in [-0.39, 0.29) is 18.9 Å². The van der Waals surface area contributed by atoms with Gasteiger partial charge in [-0.05, 0) is 6.08 Å². The topological polar surface area (TPSA) is 78.8 Å². The number of hydrogen-bond acceptors (Lipinski definition) is 5. The van der Waals surface area contributed by atoms with Crippen molar-refractivity contribution in [2.45, 2.75) is 6.42 Å². The maximum Gasteiger partial charge on any atom is 0.302 e. The Hall–Kier alpha value is -1.70. The summed E-state index contributed by atoms with van der Waals surface area (Å²) in [6.45, 7) is 3.76. The van der Waals surface area contributed by atoms with Gasteiger partial charge in [-0.3, -0.25) is 9.69 Å². The third kappa shape index (κ3) is 2.95. The van der Waals surface area contributed by atoms with Gasteiger partial charge in [-0.25, -0.2) is 4.99 Å². The molecule has 0 aromatic heterocycles. The second-order valence-corrected chi connectivity index (χ2v) is 5.59. The number of allylic oxidation sites excluding steroid dienone is 1. The van der Waals surface area contributed by atoms with Gasteiger partial charge < -0.3 is 5.32 Å². The summed E-state index contributed by atoms with van der Waals surface area (Å²) in [5.41, 5.74) is 0. The smallest absolute Gasteiger partial charge is 0.302 e. The fraction of sp³-hybridized carbons (Fsp3) is 0.400. The zero-order chi connectivity index (χ0) is 13.3. The first-order valence-corrected chi connectivity index (χ1v) is 6.83. The van der Waals surface area contributed by atoms with E-state index in [1.54, 1.807) is 6.08 Å². The van der Waals surface area contributed by atoms with Gasteiger partial charge in [0, 0.05) is 25.1 Å². The number of carbonyl (C=O) groups excluding carboxylic acids is 1. The first-order valence-electron chi connectivity index (χ1n) is 5.28. The van der Waals surface area contributed by atoms with Gasteiger partial charge in [0.2, 0.25) is 5.91 Å². The van der Waals surface area contributed by atoms with Crippen molar-refractivity contribution in [3.05, 3.63) is 24.3 Å². The summed E-state index contributed by atoms with van der Waals surface area (Å²) < 4.78 is 33.7. The van der Waals surface area contributed by atoms with Gasteiger partial charge in [0.1, 0.15) is 11.6 Å². The molecule has 0 bridgehead atoms. The maximum absolute atomic E-state index is 12.6. The van der Waals surface area contributed by atoms with Crippen LogP contribution in [0, 0.1) is 5.92 Å². The number of rotatable bonds is 3. The van der Waals surface area contributed by atoms with Gasteiger partial charge in [0.15, 0.2) is 0 Å². The van der Waals surface area contributed by atoms with Crippen LogP contribution in [-0.2, 0) is 15.0 Å². The fourth-order valence-corrected chi connectivity index (χ4v) is 2.77. The Morgan fingerprint density at radius 2 is 2.33 bits per heavy atom. The molecule has 18 heavy (non-hydrogen) atoms. The lowest BCUT2D eigenvalue weighted by molar-refractivity contribution is -0.126. The fourth-order valence-electron chi connectivity index (χ4n) is 1.98. The number of aliphatic imine (C=N–C) groups is 1. The van der Waals surface area contributed by atoms with E-state index in [1.165, 1.54) is 11.1 Å². The average molecular weight is 273 g/mol. The van der Waals surface area contributed by atoms with E-state index < -0.39 is 21.9 Å². The van der Waals surface area contributed by atoms with Crippen molar-refractivity contribution in [2.75, 3.05) is 12.3 Å². The average Bonchev–Trinajstić information content (AvgIpc) is 2.56. The first kappa shape index (κ1) is 12.7. The van der Waals surface area contributed by atoms with Crippen molar-refractivity contribution in [2.24, 2.45) is 10.9 Å². The molecule has 6 nitrogen and oxygen atoms in total. The molecule has 0 aromatic rings. The molecule has 1 N–H and O–H groups in total. The molecule has 0 spiro atoms. The summed E-state index contributed by atoms with van der Waals surface area (Å²) in [7, 11) is -4.56. The maximum atomic E-state index is 12.6. The van der Waals surface area contributed by atoms with Crippen LogP contribution in [0.3, 0.4) is 0 Å². The molecule has 98 valence electrons. The molecule has 1 amide bonds. The number of hydrogen-bond donors (Lipinski definition) is 1. The Morgan fingerprint density at radius 1 is 1.61 bits per heavy atom. The first-order chi connectivity index (χ1) is 8.35. The normalized spacial score (nSPS) is 24.2. The number of carbonyl (C=O) groups is 1. The standard InChI is InChI=1S/C10H12FN3O3S/c1-7-12-3-2-9(13-7)14-5-8(4-10(14)15)6-18(11,16)17/h2-3,8,13H,1,4-6H2. The molecule has 1 unspecified atom stereocenters. The van der Waals surface area contributed by atoms with E-state index in [2.05, 4.69) is 16.9 Å².